The van der Waals surface area contributed by atoms with Crippen LogP contribution in [0.15, 0.2) is 28.1 Å². The lowest BCUT2D eigenvalue weighted by atomic mass is 10.0. The largest absolute Gasteiger partial charge is 0.367 e. The fourth-order valence-electron chi connectivity index (χ4n) is 1.93. The Bertz CT molecular complexity index is 762. The number of anilines is 1. The number of nitrogens with two attached hydrogens (primary N) is 1. The molecule has 2 heterocycles. The van der Waals surface area contributed by atoms with Gasteiger partial charge in [-0.2, -0.15) is 0 Å². The predicted molar refractivity (Wildman–Crippen MR) is 72.1 cm³/mol. The summed E-state index contributed by atoms with van der Waals surface area (Å²) in [6, 6.07) is 3.14. The van der Waals surface area contributed by atoms with Gasteiger partial charge in [-0.25, -0.2) is 13.8 Å². The van der Waals surface area contributed by atoms with E-state index in [1.807, 2.05) is 6.92 Å². The number of halogens is 2. The Labute approximate surface area is 116 Å². The predicted octanol–water partition coefficient (Wildman–Crippen LogP) is 3.63. The molecule has 0 aliphatic heterocycles. The van der Waals surface area contributed by atoms with E-state index in [0.29, 0.717) is 17.0 Å². The molecule has 0 aliphatic rings. The number of hydrogen-bond acceptors (Lipinski definition) is 5. The number of aromatic nitrogens is 2. The van der Waals surface area contributed by atoms with E-state index in [1.54, 1.807) is 5.38 Å². The fourth-order valence-corrected chi connectivity index (χ4v) is 2.52. The van der Waals surface area contributed by atoms with Gasteiger partial charge in [-0.1, -0.05) is 5.16 Å². The van der Waals surface area contributed by atoms with Crippen molar-refractivity contribution in [2.45, 2.75) is 6.92 Å². The summed E-state index contributed by atoms with van der Waals surface area (Å²) < 4.78 is 31.6. The second-order valence-electron chi connectivity index (χ2n) is 4.18. The highest BCUT2D eigenvalue weighted by molar-refractivity contribution is 7.09. The number of nitrogen functional groups attached to an aromatic ring is 1. The zero-order valence-electron chi connectivity index (χ0n) is 10.4. The fraction of sp³-hybridized carbons (Fsp3) is 0.0769. The zero-order chi connectivity index (χ0) is 14.3. The molecule has 0 atom stereocenters. The van der Waals surface area contributed by atoms with Crippen LogP contribution in [-0.4, -0.2) is 10.1 Å². The van der Waals surface area contributed by atoms with Gasteiger partial charge in [0.1, 0.15) is 23.0 Å². The third kappa shape index (κ3) is 2.16. The second kappa shape index (κ2) is 4.68. The number of nitrogens with zero attached hydrogens (tertiary/aromatic N) is 2. The summed E-state index contributed by atoms with van der Waals surface area (Å²) in [6.45, 7) is 1.85. The number of benzene rings is 1. The van der Waals surface area contributed by atoms with E-state index in [4.69, 9.17) is 10.3 Å². The summed E-state index contributed by atoms with van der Waals surface area (Å²) in [4.78, 5) is 4.28. The number of rotatable bonds is 2. The molecule has 0 aliphatic carbocycles. The molecule has 20 heavy (non-hydrogen) atoms. The minimum absolute atomic E-state index is 0.00402. The van der Waals surface area contributed by atoms with E-state index in [-0.39, 0.29) is 11.4 Å². The van der Waals surface area contributed by atoms with Crippen LogP contribution in [0.2, 0.25) is 0 Å². The van der Waals surface area contributed by atoms with Crippen LogP contribution in [0.25, 0.3) is 22.5 Å². The van der Waals surface area contributed by atoms with Gasteiger partial charge >= 0.3 is 0 Å². The third-order valence-electron chi connectivity index (χ3n) is 2.73. The Balaban J connectivity index is 2.21. The van der Waals surface area contributed by atoms with Crippen molar-refractivity contribution in [1.29, 1.82) is 0 Å². The molecular formula is C13H9F2N3OS. The van der Waals surface area contributed by atoms with Crippen molar-refractivity contribution < 1.29 is 13.3 Å². The van der Waals surface area contributed by atoms with Gasteiger partial charge in [0.25, 0.3) is 0 Å². The molecular weight excluding hydrogens is 284 g/mol. The Kier molecular flexibility index (Phi) is 2.98. The van der Waals surface area contributed by atoms with Crippen molar-refractivity contribution in [2.24, 2.45) is 0 Å². The maximum atomic E-state index is 13.3. The van der Waals surface area contributed by atoms with Crippen molar-refractivity contribution in [3.05, 3.63) is 40.2 Å². The molecule has 0 bridgehead atoms. The van der Waals surface area contributed by atoms with Crippen molar-refractivity contribution in [2.75, 3.05) is 5.73 Å². The van der Waals surface area contributed by atoms with Crippen LogP contribution in [0.3, 0.4) is 0 Å². The molecule has 0 unspecified atom stereocenters. The molecule has 0 saturated carbocycles. The Morgan fingerprint density at radius 2 is 1.90 bits per heavy atom. The topological polar surface area (TPSA) is 64.9 Å². The molecule has 1 aromatic carbocycles. The Hall–Kier alpha value is -2.28. The minimum atomic E-state index is -0.694. The normalized spacial score (nSPS) is 10.9. The van der Waals surface area contributed by atoms with E-state index in [2.05, 4.69) is 10.1 Å². The lowest BCUT2D eigenvalue weighted by molar-refractivity contribution is 0.439. The lowest BCUT2D eigenvalue weighted by Gasteiger charge is -2.02. The average molecular weight is 293 g/mol. The highest BCUT2D eigenvalue weighted by atomic mass is 32.1. The van der Waals surface area contributed by atoms with Crippen molar-refractivity contribution >= 4 is 17.2 Å². The van der Waals surface area contributed by atoms with Crippen LogP contribution in [0.4, 0.5) is 14.7 Å². The quantitative estimate of drug-likeness (QED) is 0.783. The number of thiazole rings is 1. The summed E-state index contributed by atoms with van der Waals surface area (Å²) in [5.41, 5.74) is 7.26. The zero-order valence-corrected chi connectivity index (χ0v) is 11.2. The number of hydrogen-bond donors (Lipinski definition) is 1. The van der Waals surface area contributed by atoms with Gasteiger partial charge in [0.2, 0.25) is 5.88 Å². The van der Waals surface area contributed by atoms with E-state index in [9.17, 15) is 8.78 Å². The first-order chi connectivity index (χ1) is 9.54. The smallest absolute Gasteiger partial charge is 0.230 e. The van der Waals surface area contributed by atoms with Gasteiger partial charge in [0.05, 0.1) is 10.6 Å². The molecule has 2 aromatic heterocycles. The maximum absolute atomic E-state index is 13.3. The van der Waals surface area contributed by atoms with E-state index < -0.39 is 11.6 Å². The lowest BCUT2D eigenvalue weighted by Crippen LogP contribution is -1.90. The third-order valence-corrected chi connectivity index (χ3v) is 3.50. The summed E-state index contributed by atoms with van der Waals surface area (Å²) in [7, 11) is 0. The summed E-state index contributed by atoms with van der Waals surface area (Å²) >= 11 is 1.44. The van der Waals surface area contributed by atoms with Gasteiger partial charge in [-0.3, -0.25) is 0 Å². The van der Waals surface area contributed by atoms with E-state index >= 15 is 0 Å². The maximum Gasteiger partial charge on any atom is 0.230 e. The molecule has 2 N–H and O–H groups in total. The van der Waals surface area contributed by atoms with Gasteiger partial charge in [0, 0.05) is 11.4 Å². The van der Waals surface area contributed by atoms with Crippen LogP contribution in [-0.2, 0) is 0 Å². The van der Waals surface area contributed by atoms with Crippen LogP contribution in [0.5, 0.6) is 0 Å². The first kappa shape index (κ1) is 12.7. The molecule has 7 heteroatoms. The van der Waals surface area contributed by atoms with Crippen LogP contribution < -0.4 is 5.73 Å². The molecule has 3 rings (SSSR count). The monoisotopic (exact) mass is 293 g/mol. The van der Waals surface area contributed by atoms with Crippen LogP contribution in [0.1, 0.15) is 5.01 Å². The molecule has 0 saturated heterocycles. The first-order valence-electron chi connectivity index (χ1n) is 5.68. The van der Waals surface area contributed by atoms with Gasteiger partial charge in [-0.05, 0) is 24.6 Å². The Morgan fingerprint density at radius 3 is 2.50 bits per heavy atom. The highest BCUT2D eigenvalue weighted by Gasteiger charge is 2.20. The molecule has 0 radical (unpaired) electrons. The standard InChI is InChI=1S/C13H9F2N3OS/c1-6-17-10(5-20-6)12-11(13(16)19-18-12)7-2-8(14)4-9(15)3-7/h2-5H,16H2,1H3. The molecule has 3 aromatic rings. The average Bonchev–Trinajstić information content (AvgIpc) is 2.94. The number of aryl methyl sites for hydroxylation is 1. The molecule has 0 amide bonds. The molecule has 0 fully saturated rings. The van der Waals surface area contributed by atoms with Gasteiger partial charge < -0.3 is 10.3 Å². The second-order valence-corrected chi connectivity index (χ2v) is 5.24. The molecule has 102 valence electrons. The first-order valence-corrected chi connectivity index (χ1v) is 6.56. The van der Waals surface area contributed by atoms with Crippen LogP contribution >= 0.6 is 11.3 Å². The Morgan fingerprint density at radius 1 is 1.20 bits per heavy atom. The van der Waals surface area contributed by atoms with Gasteiger partial charge in [0.15, 0.2) is 0 Å². The van der Waals surface area contributed by atoms with Gasteiger partial charge in [-0.15, -0.1) is 11.3 Å². The highest BCUT2D eigenvalue weighted by Crippen LogP contribution is 2.36. The minimum Gasteiger partial charge on any atom is -0.367 e. The van der Waals surface area contributed by atoms with Crippen molar-refractivity contribution in [1.82, 2.24) is 10.1 Å². The van der Waals surface area contributed by atoms with E-state index in [1.165, 1.54) is 23.5 Å². The summed E-state index contributed by atoms with van der Waals surface area (Å²) in [5.74, 6) is -1.39. The molecule has 4 nitrogen and oxygen atoms in total. The van der Waals surface area contributed by atoms with Crippen molar-refractivity contribution in [3.8, 4) is 22.5 Å². The summed E-state index contributed by atoms with van der Waals surface area (Å²) in [6.07, 6.45) is 0. The molecule has 0 spiro atoms. The summed E-state index contributed by atoms with van der Waals surface area (Å²) in [5, 5.41) is 6.46. The van der Waals surface area contributed by atoms with Crippen LogP contribution in [0, 0.1) is 18.6 Å². The van der Waals surface area contributed by atoms with Crippen molar-refractivity contribution in [3.63, 3.8) is 0 Å². The SMILES string of the molecule is Cc1nc(-c2noc(N)c2-c2cc(F)cc(F)c2)cs1. The van der Waals surface area contributed by atoms with E-state index in [0.717, 1.165) is 11.1 Å².